The average molecular weight is 371 g/mol. The van der Waals surface area contributed by atoms with Crippen molar-refractivity contribution in [1.29, 1.82) is 0 Å². The van der Waals surface area contributed by atoms with E-state index in [0.29, 0.717) is 23.4 Å². The van der Waals surface area contributed by atoms with Gasteiger partial charge in [-0.2, -0.15) is 5.10 Å². The van der Waals surface area contributed by atoms with Crippen molar-refractivity contribution in [3.63, 3.8) is 0 Å². The van der Waals surface area contributed by atoms with E-state index in [9.17, 15) is 5.11 Å². The summed E-state index contributed by atoms with van der Waals surface area (Å²) in [5.74, 6) is 0.821. The summed E-state index contributed by atoms with van der Waals surface area (Å²) in [4.78, 5) is 0. The van der Waals surface area contributed by atoms with Crippen LogP contribution in [0.25, 0.3) is 16.8 Å². The van der Waals surface area contributed by atoms with E-state index in [4.69, 9.17) is 10.5 Å². The first-order valence-corrected chi connectivity index (χ1v) is 8.99. The number of nitrogens with zero attached hydrogens (tertiary/aromatic N) is 2. The first-order chi connectivity index (χ1) is 13.7. The number of benzene rings is 3. The van der Waals surface area contributed by atoms with Gasteiger partial charge in [-0.25, -0.2) is 4.68 Å². The Kier molecular flexibility index (Phi) is 4.72. The molecule has 0 amide bonds. The van der Waals surface area contributed by atoms with E-state index in [1.807, 2.05) is 77.6 Å². The van der Waals surface area contributed by atoms with Gasteiger partial charge < -0.3 is 15.6 Å². The first-order valence-electron chi connectivity index (χ1n) is 8.99. The zero-order chi connectivity index (χ0) is 19.5. The van der Waals surface area contributed by atoms with Crippen LogP contribution in [0.5, 0.6) is 11.5 Å². The maximum Gasteiger partial charge on any atom is 0.130 e. The summed E-state index contributed by atoms with van der Waals surface area (Å²) in [5.41, 5.74) is 10.9. The molecule has 0 atom stereocenters. The number of methoxy groups -OCH3 is 1. The Morgan fingerprint density at radius 3 is 2.54 bits per heavy atom. The fourth-order valence-electron chi connectivity index (χ4n) is 3.31. The Hall–Kier alpha value is -3.73. The Labute approximate surface area is 163 Å². The number of rotatable bonds is 5. The molecule has 5 heteroatoms. The fourth-order valence-corrected chi connectivity index (χ4v) is 3.31. The van der Waals surface area contributed by atoms with Crippen molar-refractivity contribution in [1.82, 2.24) is 9.78 Å². The Balaban J connectivity index is 1.68. The molecule has 0 spiro atoms. The van der Waals surface area contributed by atoms with Crippen LogP contribution in [0, 0.1) is 0 Å². The van der Waals surface area contributed by atoms with Gasteiger partial charge in [-0.1, -0.05) is 30.3 Å². The largest absolute Gasteiger partial charge is 0.507 e. The standard InChI is InChI=1S/C23H21N3O2/c1-28-21-11-8-18(23(27)22(21)17-4-2-5-19(24)15-17)14-16-6-9-20(10-7-16)26-13-3-12-25-26/h2-13,15,27H,14,24H2,1H3. The summed E-state index contributed by atoms with van der Waals surface area (Å²) in [5, 5.41) is 15.2. The molecule has 0 radical (unpaired) electrons. The highest BCUT2D eigenvalue weighted by Crippen LogP contribution is 2.41. The topological polar surface area (TPSA) is 73.3 Å². The van der Waals surface area contributed by atoms with Crippen LogP contribution < -0.4 is 10.5 Å². The molecule has 1 aromatic heterocycles. The molecule has 0 aliphatic heterocycles. The molecule has 0 fully saturated rings. The van der Waals surface area contributed by atoms with Crippen LogP contribution in [0.1, 0.15) is 11.1 Å². The van der Waals surface area contributed by atoms with Crippen LogP contribution in [-0.2, 0) is 6.42 Å². The second-order valence-corrected chi connectivity index (χ2v) is 6.57. The molecule has 3 aromatic carbocycles. The van der Waals surface area contributed by atoms with Gasteiger partial charge >= 0.3 is 0 Å². The molecule has 4 aromatic rings. The monoisotopic (exact) mass is 371 g/mol. The summed E-state index contributed by atoms with van der Waals surface area (Å²) in [6.45, 7) is 0. The van der Waals surface area contributed by atoms with Crippen molar-refractivity contribution in [3.8, 4) is 28.3 Å². The predicted octanol–water partition coefficient (Wildman–Crippen LogP) is 4.43. The van der Waals surface area contributed by atoms with Gasteiger partial charge in [-0.15, -0.1) is 0 Å². The van der Waals surface area contributed by atoms with Crippen molar-refractivity contribution in [2.45, 2.75) is 6.42 Å². The molecule has 0 saturated carbocycles. The Bertz CT molecular complexity index is 1090. The van der Waals surface area contributed by atoms with Crippen LogP contribution in [-0.4, -0.2) is 22.0 Å². The van der Waals surface area contributed by atoms with Crippen LogP contribution in [0.2, 0.25) is 0 Å². The van der Waals surface area contributed by atoms with E-state index >= 15 is 0 Å². The number of aromatic nitrogens is 2. The lowest BCUT2D eigenvalue weighted by Gasteiger charge is -2.15. The highest BCUT2D eigenvalue weighted by molar-refractivity contribution is 5.79. The molecule has 0 aliphatic rings. The second kappa shape index (κ2) is 7.48. The maximum absolute atomic E-state index is 11.0. The highest BCUT2D eigenvalue weighted by atomic mass is 16.5. The SMILES string of the molecule is COc1ccc(Cc2ccc(-n3cccn3)cc2)c(O)c1-c1cccc(N)c1. The van der Waals surface area contributed by atoms with Crippen molar-refractivity contribution in [2.24, 2.45) is 0 Å². The zero-order valence-corrected chi connectivity index (χ0v) is 15.5. The van der Waals surface area contributed by atoms with Gasteiger partial charge in [-0.3, -0.25) is 0 Å². The lowest BCUT2D eigenvalue weighted by molar-refractivity contribution is 0.409. The molecule has 0 aliphatic carbocycles. The second-order valence-electron chi connectivity index (χ2n) is 6.57. The summed E-state index contributed by atoms with van der Waals surface area (Å²) in [7, 11) is 1.60. The van der Waals surface area contributed by atoms with E-state index < -0.39 is 0 Å². The molecule has 1 heterocycles. The maximum atomic E-state index is 11.0. The number of phenolic OH excluding ortho intramolecular Hbond substituents is 1. The summed E-state index contributed by atoms with van der Waals surface area (Å²) < 4.78 is 7.28. The van der Waals surface area contributed by atoms with E-state index in [-0.39, 0.29) is 5.75 Å². The summed E-state index contributed by atoms with van der Waals surface area (Å²) in [6, 6.07) is 21.2. The molecule has 3 N–H and O–H groups in total. The lowest BCUT2D eigenvalue weighted by atomic mass is 9.96. The van der Waals surface area contributed by atoms with Crippen LogP contribution in [0.3, 0.4) is 0 Å². The number of aromatic hydroxyl groups is 1. The van der Waals surface area contributed by atoms with Crippen LogP contribution >= 0.6 is 0 Å². The van der Waals surface area contributed by atoms with Crippen LogP contribution in [0.15, 0.2) is 79.1 Å². The molecular weight excluding hydrogens is 350 g/mol. The van der Waals surface area contributed by atoms with Gasteiger partial charge in [0, 0.05) is 24.5 Å². The van der Waals surface area contributed by atoms with E-state index in [1.54, 1.807) is 13.3 Å². The fraction of sp³-hybridized carbons (Fsp3) is 0.0870. The molecular formula is C23H21N3O2. The quantitative estimate of drug-likeness (QED) is 0.509. The summed E-state index contributed by atoms with van der Waals surface area (Å²) in [6.07, 6.45) is 4.26. The third-order valence-electron chi connectivity index (χ3n) is 4.72. The highest BCUT2D eigenvalue weighted by Gasteiger charge is 2.16. The predicted molar refractivity (Wildman–Crippen MR) is 111 cm³/mol. The van der Waals surface area contributed by atoms with E-state index in [2.05, 4.69) is 5.10 Å². The zero-order valence-electron chi connectivity index (χ0n) is 15.5. The number of nitrogens with two attached hydrogens (primary N) is 1. The first kappa shape index (κ1) is 17.7. The van der Waals surface area contributed by atoms with E-state index in [0.717, 1.165) is 22.4 Å². The minimum Gasteiger partial charge on any atom is -0.507 e. The van der Waals surface area contributed by atoms with Gasteiger partial charge in [0.2, 0.25) is 0 Å². The molecule has 5 nitrogen and oxygen atoms in total. The number of anilines is 1. The van der Waals surface area contributed by atoms with E-state index in [1.165, 1.54) is 0 Å². The Morgan fingerprint density at radius 2 is 1.86 bits per heavy atom. The van der Waals surface area contributed by atoms with Gasteiger partial charge in [-0.05, 0) is 53.1 Å². The molecule has 28 heavy (non-hydrogen) atoms. The molecule has 140 valence electrons. The normalized spacial score (nSPS) is 10.8. The van der Waals surface area contributed by atoms with Crippen molar-refractivity contribution in [2.75, 3.05) is 12.8 Å². The van der Waals surface area contributed by atoms with Gasteiger partial charge in [0.25, 0.3) is 0 Å². The number of hydrogen-bond acceptors (Lipinski definition) is 4. The number of phenols is 1. The van der Waals surface area contributed by atoms with Gasteiger partial charge in [0.1, 0.15) is 11.5 Å². The molecule has 0 bridgehead atoms. The van der Waals surface area contributed by atoms with Gasteiger partial charge in [0.05, 0.1) is 18.4 Å². The lowest BCUT2D eigenvalue weighted by Crippen LogP contribution is -1.97. The van der Waals surface area contributed by atoms with Crippen molar-refractivity contribution >= 4 is 5.69 Å². The Morgan fingerprint density at radius 1 is 1.04 bits per heavy atom. The number of nitrogen functional groups attached to an aromatic ring is 1. The van der Waals surface area contributed by atoms with Crippen LogP contribution in [0.4, 0.5) is 5.69 Å². The minimum atomic E-state index is 0.209. The minimum absolute atomic E-state index is 0.209. The molecule has 0 saturated heterocycles. The van der Waals surface area contributed by atoms with Gasteiger partial charge in [0.15, 0.2) is 0 Å². The third-order valence-corrected chi connectivity index (χ3v) is 4.72. The third kappa shape index (κ3) is 3.42. The molecule has 4 rings (SSSR count). The smallest absolute Gasteiger partial charge is 0.130 e. The number of hydrogen-bond donors (Lipinski definition) is 2. The van der Waals surface area contributed by atoms with Crippen molar-refractivity contribution < 1.29 is 9.84 Å². The number of ether oxygens (including phenoxy) is 1. The van der Waals surface area contributed by atoms with Crippen molar-refractivity contribution in [3.05, 3.63) is 90.3 Å². The average Bonchev–Trinajstić information content (AvgIpc) is 3.24. The molecule has 0 unspecified atom stereocenters. The summed E-state index contributed by atoms with van der Waals surface area (Å²) >= 11 is 0.